The van der Waals surface area contributed by atoms with Crippen molar-refractivity contribution in [2.24, 2.45) is 5.92 Å². The van der Waals surface area contributed by atoms with E-state index in [4.69, 9.17) is 0 Å². The van der Waals surface area contributed by atoms with Gasteiger partial charge in [0.1, 0.15) is 0 Å². The van der Waals surface area contributed by atoms with Crippen molar-refractivity contribution in [3.63, 3.8) is 0 Å². The van der Waals surface area contributed by atoms with E-state index < -0.39 is 16.8 Å². The lowest BCUT2D eigenvalue weighted by atomic mass is 9.84. The first-order valence-corrected chi connectivity index (χ1v) is 5.94. The summed E-state index contributed by atoms with van der Waals surface area (Å²) >= 11 is 0. The summed E-state index contributed by atoms with van der Waals surface area (Å²) in [6.45, 7) is 3.90. The maximum Gasteiger partial charge on any atom is 0.311 e. The molecule has 0 amide bonds. The highest BCUT2D eigenvalue weighted by Crippen LogP contribution is 2.29. The van der Waals surface area contributed by atoms with E-state index in [0.29, 0.717) is 5.56 Å². The van der Waals surface area contributed by atoms with Gasteiger partial charge in [-0.1, -0.05) is 32.4 Å². The quantitative estimate of drug-likeness (QED) is 0.621. The van der Waals surface area contributed by atoms with Gasteiger partial charge in [-0.15, -0.1) is 0 Å². The Bertz CT molecular complexity index is 427. The molecule has 0 bridgehead atoms. The summed E-state index contributed by atoms with van der Waals surface area (Å²) in [7, 11) is 0. The standard InChI is InChI=1S/C13H17NO4/c1-3-4-9(2)12(13(15)16)10-5-7-11(8-6-10)14(17)18/h5-9,12H,3-4H2,1-2H3,(H,15,16). The Hall–Kier alpha value is -1.91. The number of nitrogens with zero attached hydrogens (tertiary/aromatic N) is 1. The van der Waals surface area contributed by atoms with Crippen LogP contribution in [-0.2, 0) is 4.79 Å². The van der Waals surface area contributed by atoms with Crippen molar-refractivity contribution in [3.05, 3.63) is 39.9 Å². The smallest absolute Gasteiger partial charge is 0.311 e. The number of rotatable bonds is 6. The fourth-order valence-electron chi connectivity index (χ4n) is 2.14. The molecule has 0 aliphatic rings. The Kier molecular flexibility index (Phi) is 4.83. The molecule has 5 heteroatoms. The number of hydrogen-bond acceptors (Lipinski definition) is 3. The lowest BCUT2D eigenvalue weighted by molar-refractivity contribution is -0.384. The number of carboxylic acids is 1. The zero-order valence-electron chi connectivity index (χ0n) is 10.5. The van der Waals surface area contributed by atoms with Gasteiger partial charge in [-0.05, 0) is 17.9 Å². The molecule has 18 heavy (non-hydrogen) atoms. The highest BCUT2D eigenvalue weighted by Gasteiger charge is 2.26. The Morgan fingerprint density at radius 1 is 1.39 bits per heavy atom. The number of aliphatic carboxylic acids is 1. The van der Waals surface area contributed by atoms with Crippen LogP contribution >= 0.6 is 0 Å². The van der Waals surface area contributed by atoms with Crippen molar-refractivity contribution in [1.29, 1.82) is 0 Å². The monoisotopic (exact) mass is 251 g/mol. The minimum absolute atomic E-state index is 0.00829. The van der Waals surface area contributed by atoms with Gasteiger partial charge in [-0.25, -0.2) is 0 Å². The Morgan fingerprint density at radius 2 is 1.94 bits per heavy atom. The summed E-state index contributed by atoms with van der Waals surface area (Å²) in [5.41, 5.74) is 0.597. The van der Waals surface area contributed by atoms with E-state index in [1.165, 1.54) is 24.3 Å². The SMILES string of the molecule is CCCC(C)C(C(=O)O)c1ccc([N+](=O)[O-])cc1. The van der Waals surface area contributed by atoms with Gasteiger partial charge in [-0.2, -0.15) is 0 Å². The Labute approximate surface area is 106 Å². The normalized spacial score (nSPS) is 13.9. The van der Waals surface area contributed by atoms with Crippen LogP contribution < -0.4 is 0 Å². The third kappa shape index (κ3) is 3.29. The lowest BCUT2D eigenvalue weighted by Crippen LogP contribution is -2.19. The molecule has 0 aliphatic carbocycles. The van der Waals surface area contributed by atoms with Gasteiger partial charge in [0.15, 0.2) is 0 Å². The Morgan fingerprint density at radius 3 is 2.33 bits per heavy atom. The van der Waals surface area contributed by atoms with E-state index in [-0.39, 0.29) is 11.6 Å². The molecule has 1 rings (SSSR count). The second-order valence-corrected chi connectivity index (χ2v) is 4.43. The van der Waals surface area contributed by atoms with E-state index >= 15 is 0 Å². The lowest BCUT2D eigenvalue weighted by Gasteiger charge is -2.19. The number of hydrogen-bond donors (Lipinski definition) is 1. The van der Waals surface area contributed by atoms with Crippen molar-refractivity contribution in [3.8, 4) is 0 Å². The van der Waals surface area contributed by atoms with Gasteiger partial charge in [0, 0.05) is 12.1 Å². The van der Waals surface area contributed by atoms with Crippen molar-refractivity contribution < 1.29 is 14.8 Å². The largest absolute Gasteiger partial charge is 0.481 e. The maximum atomic E-state index is 11.3. The molecule has 0 aliphatic heterocycles. The zero-order chi connectivity index (χ0) is 13.7. The number of non-ortho nitro benzene ring substituents is 1. The van der Waals surface area contributed by atoms with E-state index in [1.54, 1.807) is 0 Å². The van der Waals surface area contributed by atoms with Crippen LogP contribution in [0.2, 0.25) is 0 Å². The number of benzene rings is 1. The van der Waals surface area contributed by atoms with Crippen LogP contribution in [0, 0.1) is 16.0 Å². The molecule has 0 saturated carbocycles. The van der Waals surface area contributed by atoms with Crippen LogP contribution in [0.15, 0.2) is 24.3 Å². The molecule has 1 aromatic carbocycles. The molecule has 0 spiro atoms. The van der Waals surface area contributed by atoms with Crippen LogP contribution in [-0.4, -0.2) is 16.0 Å². The van der Waals surface area contributed by atoms with E-state index in [2.05, 4.69) is 0 Å². The summed E-state index contributed by atoms with van der Waals surface area (Å²) in [6, 6.07) is 5.76. The number of nitro benzene ring substituents is 1. The molecule has 2 atom stereocenters. The summed E-state index contributed by atoms with van der Waals surface area (Å²) in [6.07, 6.45) is 1.73. The molecule has 0 heterocycles. The van der Waals surface area contributed by atoms with Gasteiger partial charge in [-0.3, -0.25) is 14.9 Å². The number of nitro groups is 1. The topological polar surface area (TPSA) is 80.4 Å². The average molecular weight is 251 g/mol. The van der Waals surface area contributed by atoms with E-state index in [1.807, 2.05) is 13.8 Å². The van der Waals surface area contributed by atoms with E-state index in [9.17, 15) is 20.0 Å². The van der Waals surface area contributed by atoms with Gasteiger partial charge in [0.2, 0.25) is 0 Å². The van der Waals surface area contributed by atoms with Crippen LogP contribution in [0.4, 0.5) is 5.69 Å². The summed E-state index contributed by atoms with van der Waals surface area (Å²) in [5, 5.41) is 19.8. The van der Waals surface area contributed by atoms with Crippen molar-refractivity contribution >= 4 is 11.7 Å². The first-order valence-electron chi connectivity index (χ1n) is 5.94. The third-order valence-electron chi connectivity index (χ3n) is 3.04. The predicted molar refractivity (Wildman–Crippen MR) is 67.5 cm³/mol. The third-order valence-corrected chi connectivity index (χ3v) is 3.04. The zero-order valence-corrected chi connectivity index (χ0v) is 10.5. The molecule has 5 nitrogen and oxygen atoms in total. The summed E-state index contributed by atoms with van der Waals surface area (Å²) in [4.78, 5) is 21.4. The molecule has 2 unspecified atom stereocenters. The molecule has 0 aromatic heterocycles. The van der Waals surface area contributed by atoms with Crippen LogP contribution in [0.25, 0.3) is 0 Å². The van der Waals surface area contributed by atoms with E-state index in [0.717, 1.165) is 12.8 Å². The van der Waals surface area contributed by atoms with Crippen molar-refractivity contribution in [1.82, 2.24) is 0 Å². The molecule has 0 radical (unpaired) electrons. The number of carboxylic acid groups (broad SMARTS) is 1. The molecule has 1 N–H and O–H groups in total. The van der Waals surface area contributed by atoms with Crippen molar-refractivity contribution in [2.45, 2.75) is 32.6 Å². The highest BCUT2D eigenvalue weighted by molar-refractivity contribution is 5.76. The first kappa shape index (κ1) is 14.2. The molecular formula is C13H17NO4. The van der Waals surface area contributed by atoms with Gasteiger partial charge in [0.05, 0.1) is 10.8 Å². The Balaban J connectivity index is 2.99. The molecule has 98 valence electrons. The first-order chi connectivity index (χ1) is 8.47. The average Bonchev–Trinajstić information content (AvgIpc) is 2.29. The predicted octanol–water partition coefficient (Wildman–Crippen LogP) is 3.20. The summed E-state index contributed by atoms with van der Waals surface area (Å²) < 4.78 is 0. The maximum absolute atomic E-state index is 11.3. The van der Waals surface area contributed by atoms with Gasteiger partial charge in [0.25, 0.3) is 5.69 Å². The van der Waals surface area contributed by atoms with Crippen molar-refractivity contribution in [2.75, 3.05) is 0 Å². The minimum atomic E-state index is -0.884. The van der Waals surface area contributed by atoms with Crippen LogP contribution in [0.5, 0.6) is 0 Å². The second kappa shape index (κ2) is 6.14. The van der Waals surface area contributed by atoms with Crippen LogP contribution in [0.1, 0.15) is 38.2 Å². The fourth-order valence-corrected chi connectivity index (χ4v) is 2.14. The molecule has 0 fully saturated rings. The molecular weight excluding hydrogens is 234 g/mol. The molecule has 1 aromatic rings. The number of carbonyl (C=O) groups is 1. The second-order valence-electron chi connectivity index (χ2n) is 4.43. The van der Waals surface area contributed by atoms with Crippen LogP contribution in [0.3, 0.4) is 0 Å². The summed E-state index contributed by atoms with van der Waals surface area (Å²) in [5.74, 6) is -1.48. The highest BCUT2D eigenvalue weighted by atomic mass is 16.6. The minimum Gasteiger partial charge on any atom is -0.481 e. The van der Waals surface area contributed by atoms with Gasteiger partial charge >= 0.3 is 5.97 Å². The molecule has 0 saturated heterocycles. The van der Waals surface area contributed by atoms with Gasteiger partial charge < -0.3 is 5.11 Å². The fraction of sp³-hybridized carbons (Fsp3) is 0.462.